The fraction of sp³-hybridized carbons (Fsp3) is 0.0870. The lowest BCUT2D eigenvalue weighted by atomic mass is 10.2. The number of hydrogen-bond donors (Lipinski definition) is 1. The van der Waals surface area contributed by atoms with E-state index in [-0.39, 0.29) is 18.1 Å². The molecule has 0 bridgehead atoms. The van der Waals surface area contributed by atoms with Crippen LogP contribution in [0.5, 0.6) is 5.75 Å². The van der Waals surface area contributed by atoms with Gasteiger partial charge >= 0.3 is 0 Å². The molecule has 0 aliphatic carbocycles. The van der Waals surface area contributed by atoms with Crippen LogP contribution in [0.1, 0.15) is 21.6 Å². The molecule has 1 amide bonds. The molecular weight excluding hydrogens is 446 g/mol. The number of fused-ring (bicyclic) bond motifs is 1. The molecule has 0 aliphatic heterocycles. The quantitative estimate of drug-likeness (QED) is 0.469. The number of carbonyl (C=O) groups excluding carboxylic acids is 1. The average molecular weight is 464 g/mol. The summed E-state index contributed by atoms with van der Waals surface area (Å²) in [7, 11) is 0. The molecule has 2 aromatic carbocycles. The molecular formula is C23H18BrN3O3. The number of anilines is 1. The van der Waals surface area contributed by atoms with Crippen LogP contribution in [0.2, 0.25) is 0 Å². The fourth-order valence-corrected chi connectivity index (χ4v) is 3.44. The van der Waals surface area contributed by atoms with E-state index in [2.05, 4.69) is 26.2 Å². The average Bonchev–Trinajstić information content (AvgIpc) is 2.73. The Morgan fingerprint density at radius 1 is 1.10 bits per heavy atom. The van der Waals surface area contributed by atoms with E-state index in [1.165, 1.54) is 10.5 Å². The lowest BCUT2D eigenvalue weighted by Crippen LogP contribution is -2.17. The van der Waals surface area contributed by atoms with E-state index in [1.54, 1.807) is 48.7 Å². The van der Waals surface area contributed by atoms with Gasteiger partial charge in [-0.3, -0.25) is 14.0 Å². The minimum absolute atomic E-state index is 0.142. The lowest BCUT2D eigenvalue weighted by molar-refractivity contribution is 0.102. The lowest BCUT2D eigenvalue weighted by Gasteiger charge is -2.10. The number of rotatable bonds is 5. The standard InChI is InChI=1S/C23H18BrN3O3/c1-15-5-4-10-27-21(28)13-19(25-22(15)27)14-30-20-9-3-8-18(12-20)26-23(29)16-6-2-7-17(24)11-16/h2-13H,14H2,1H3,(H,26,29). The van der Waals surface area contributed by atoms with Gasteiger partial charge in [-0.15, -0.1) is 0 Å². The van der Waals surface area contributed by atoms with Gasteiger partial charge in [-0.25, -0.2) is 4.98 Å². The number of halogens is 1. The molecule has 0 saturated heterocycles. The number of aryl methyl sites for hydroxylation is 1. The van der Waals surface area contributed by atoms with Gasteiger partial charge in [0.1, 0.15) is 18.0 Å². The zero-order valence-corrected chi connectivity index (χ0v) is 17.7. The summed E-state index contributed by atoms with van der Waals surface area (Å²) in [6, 6.07) is 19.4. The van der Waals surface area contributed by atoms with E-state index in [0.29, 0.717) is 28.3 Å². The van der Waals surface area contributed by atoms with Crippen molar-refractivity contribution >= 4 is 33.2 Å². The number of benzene rings is 2. The van der Waals surface area contributed by atoms with Gasteiger partial charge in [-0.2, -0.15) is 0 Å². The predicted molar refractivity (Wildman–Crippen MR) is 119 cm³/mol. The Morgan fingerprint density at radius 2 is 1.93 bits per heavy atom. The third-order valence-electron chi connectivity index (χ3n) is 4.50. The van der Waals surface area contributed by atoms with Crippen molar-refractivity contribution in [1.82, 2.24) is 9.38 Å². The molecule has 1 N–H and O–H groups in total. The molecule has 30 heavy (non-hydrogen) atoms. The van der Waals surface area contributed by atoms with E-state index in [1.807, 2.05) is 25.1 Å². The highest BCUT2D eigenvalue weighted by molar-refractivity contribution is 9.10. The normalized spacial score (nSPS) is 10.7. The number of carbonyl (C=O) groups is 1. The molecule has 0 saturated carbocycles. The van der Waals surface area contributed by atoms with Gasteiger partial charge in [0, 0.05) is 34.1 Å². The first-order chi connectivity index (χ1) is 14.5. The van der Waals surface area contributed by atoms with Crippen molar-refractivity contribution in [2.75, 3.05) is 5.32 Å². The summed E-state index contributed by atoms with van der Waals surface area (Å²) >= 11 is 3.36. The monoisotopic (exact) mass is 463 g/mol. The molecule has 2 heterocycles. The van der Waals surface area contributed by atoms with Crippen LogP contribution in [0.25, 0.3) is 5.65 Å². The molecule has 4 rings (SSSR count). The number of aromatic nitrogens is 2. The Hall–Kier alpha value is -3.45. The Bertz CT molecular complexity index is 1300. The smallest absolute Gasteiger partial charge is 0.258 e. The van der Waals surface area contributed by atoms with Crippen molar-refractivity contribution in [1.29, 1.82) is 0 Å². The summed E-state index contributed by atoms with van der Waals surface area (Å²) < 4.78 is 8.16. The summed E-state index contributed by atoms with van der Waals surface area (Å²) in [6.07, 6.45) is 1.69. The number of ether oxygens (including phenoxy) is 1. The van der Waals surface area contributed by atoms with Crippen molar-refractivity contribution in [2.45, 2.75) is 13.5 Å². The molecule has 0 aliphatic rings. The summed E-state index contributed by atoms with van der Waals surface area (Å²) in [5, 5.41) is 2.86. The van der Waals surface area contributed by atoms with Crippen LogP contribution in [-0.2, 0) is 6.61 Å². The predicted octanol–water partition coefficient (Wildman–Crippen LogP) is 4.60. The first-order valence-electron chi connectivity index (χ1n) is 9.27. The zero-order chi connectivity index (χ0) is 21.1. The molecule has 0 spiro atoms. The number of nitrogens with one attached hydrogen (secondary N) is 1. The molecule has 7 heteroatoms. The van der Waals surface area contributed by atoms with Gasteiger partial charge in [0.25, 0.3) is 11.5 Å². The van der Waals surface area contributed by atoms with Crippen molar-refractivity contribution in [2.24, 2.45) is 0 Å². The van der Waals surface area contributed by atoms with E-state index >= 15 is 0 Å². The zero-order valence-electron chi connectivity index (χ0n) is 16.1. The van der Waals surface area contributed by atoms with Crippen LogP contribution >= 0.6 is 15.9 Å². The van der Waals surface area contributed by atoms with Crippen LogP contribution in [0.3, 0.4) is 0 Å². The number of hydrogen-bond acceptors (Lipinski definition) is 4. The molecule has 0 unspecified atom stereocenters. The molecule has 0 atom stereocenters. The molecule has 0 fully saturated rings. The van der Waals surface area contributed by atoms with Gasteiger partial charge in [0.2, 0.25) is 0 Å². The number of pyridine rings is 1. The highest BCUT2D eigenvalue weighted by atomic mass is 79.9. The number of nitrogens with zero attached hydrogens (tertiary/aromatic N) is 2. The van der Waals surface area contributed by atoms with Crippen LogP contribution in [0.15, 0.2) is 82.2 Å². The van der Waals surface area contributed by atoms with Gasteiger partial charge in [-0.1, -0.05) is 34.1 Å². The van der Waals surface area contributed by atoms with Crippen molar-refractivity contribution in [3.05, 3.63) is 105 Å². The van der Waals surface area contributed by atoms with E-state index < -0.39 is 0 Å². The Kier molecular flexibility index (Phi) is 5.63. The highest BCUT2D eigenvalue weighted by Crippen LogP contribution is 2.20. The molecule has 6 nitrogen and oxygen atoms in total. The second kappa shape index (κ2) is 8.51. The van der Waals surface area contributed by atoms with Crippen molar-refractivity contribution in [3.63, 3.8) is 0 Å². The maximum atomic E-state index is 12.4. The van der Waals surface area contributed by atoms with E-state index in [0.717, 1.165) is 10.0 Å². The SMILES string of the molecule is Cc1cccn2c(=O)cc(COc3cccc(NC(=O)c4cccc(Br)c4)c3)nc12. The first-order valence-corrected chi connectivity index (χ1v) is 10.1. The Balaban J connectivity index is 1.49. The van der Waals surface area contributed by atoms with Crippen LogP contribution in [-0.4, -0.2) is 15.3 Å². The van der Waals surface area contributed by atoms with Crippen LogP contribution in [0, 0.1) is 6.92 Å². The van der Waals surface area contributed by atoms with Crippen LogP contribution < -0.4 is 15.6 Å². The topological polar surface area (TPSA) is 72.7 Å². The van der Waals surface area contributed by atoms with E-state index in [4.69, 9.17) is 4.74 Å². The maximum Gasteiger partial charge on any atom is 0.258 e. The summed E-state index contributed by atoms with van der Waals surface area (Å²) in [6.45, 7) is 2.05. The Labute approximate surface area is 181 Å². The minimum atomic E-state index is -0.215. The third kappa shape index (κ3) is 4.41. The molecule has 0 radical (unpaired) electrons. The fourth-order valence-electron chi connectivity index (χ4n) is 3.04. The van der Waals surface area contributed by atoms with E-state index in [9.17, 15) is 9.59 Å². The highest BCUT2D eigenvalue weighted by Gasteiger charge is 2.08. The van der Waals surface area contributed by atoms with Crippen molar-refractivity contribution in [3.8, 4) is 5.75 Å². The van der Waals surface area contributed by atoms with Gasteiger partial charge < -0.3 is 10.1 Å². The molecule has 4 aromatic rings. The first kappa shape index (κ1) is 19.8. The van der Waals surface area contributed by atoms with Gasteiger partial charge in [-0.05, 0) is 48.9 Å². The maximum absolute atomic E-state index is 12.4. The number of amides is 1. The molecule has 150 valence electrons. The van der Waals surface area contributed by atoms with Gasteiger partial charge in [0.15, 0.2) is 0 Å². The largest absolute Gasteiger partial charge is 0.487 e. The summed E-state index contributed by atoms with van der Waals surface area (Å²) in [4.78, 5) is 29.3. The second-order valence-electron chi connectivity index (χ2n) is 6.75. The Morgan fingerprint density at radius 3 is 2.77 bits per heavy atom. The summed E-state index contributed by atoms with van der Waals surface area (Å²) in [5.41, 5.74) is 3.06. The second-order valence-corrected chi connectivity index (χ2v) is 7.67. The third-order valence-corrected chi connectivity index (χ3v) is 5.00. The molecule has 2 aromatic heterocycles. The van der Waals surface area contributed by atoms with Gasteiger partial charge in [0.05, 0.1) is 5.69 Å². The minimum Gasteiger partial charge on any atom is -0.487 e. The summed E-state index contributed by atoms with van der Waals surface area (Å²) in [5.74, 6) is 0.349. The van der Waals surface area contributed by atoms with Crippen molar-refractivity contribution < 1.29 is 9.53 Å². The van der Waals surface area contributed by atoms with Crippen LogP contribution in [0.4, 0.5) is 5.69 Å².